The molecule has 0 bridgehead atoms. The van der Waals surface area contributed by atoms with E-state index in [0.717, 1.165) is 36.1 Å². The topological polar surface area (TPSA) is 79.0 Å². The second kappa shape index (κ2) is 11.6. The Balaban J connectivity index is 1.94. The van der Waals surface area contributed by atoms with E-state index in [-0.39, 0.29) is 30.2 Å². The average molecular weight is 418 g/mol. The lowest BCUT2D eigenvalue weighted by Crippen LogP contribution is -2.44. The van der Waals surface area contributed by atoms with Gasteiger partial charge in [0.15, 0.2) is 0 Å². The van der Waals surface area contributed by atoms with Crippen molar-refractivity contribution in [3.63, 3.8) is 0 Å². The predicted octanol–water partition coefficient (Wildman–Crippen LogP) is 3.74. The third-order valence-corrected chi connectivity index (χ3v) is 5.48. The SMILES string of the molecule is CCCN(CCC(=O)N1CCCC(C(=O)OCC)C1)C(=O)Nc1c(C)cccc1C. The molecule has 166 valence electrons. The van der Waals surface area contributed by atoms with Crippen LogP contribution in [0.2, 0.25) is 0 Å². The minimum Gasteiger partial charge on any atom is -0.466 e. The van der Waals surface area contributed by atoms with Gasteiger partial charge in [-0.25, -0.2) is 4.79 Å². The number of hydrogen-bond donors (Lipinski definition) is 1. The van der Waals surface area contributed by atoms with Crippen LogP contribution in [0.1, 0.15) is 50.7 Å². The van der Waals surface area contributed by atoms with Gasteiger partial charge in [-0.3, -0.25) is 9.59 Å². The van der Waals surface area contributed by atoms with Crippen LogP contribution in [0.25, 0.3) is 0 Å². The number of para-hydroxylation sites is 1. The molecule has 3 amide bonds. The van der Waals surface area contributed by atoms with Crippen LogP contribution >= 0.6 is 0 Å². The maximum absolute atomic E-state index is 12.8. The highest BCUT2D eigenvalue weighted by Gasteiger charge is 2.29. The number of nitrogens with zero attached hydrogens (tertiary/aromatic N) is 2. The smallest absolute Gasteiger partial charge is 0.321 e. The van der Waals surface area contributed by atoms with E-state index >= 15 is 0 Å². The van der Waals surface area contributed by atoms with E-state index in [0.29, 0.717) is 32.8 Å². The van der Waals surface area contributed by atoms with E-state index in [1.807, 2.05) is 39.0 Å². The van der Waals surface area contributed by atoms with Crippen molar-refractivity contribution in [2.75, 3.05) is 38.1 Å². The molecule has 1 saturated heterocycles. The van der Waals surface area contributed by atoms with Crippen molar-refractivity contribution in [3.8, 4) is 0 Å². The number of hydrogen-bond acceptors (Lipinski definition) is 4. The summed E-state index contributed by atoms with van der Waals surface area (Å²) in [5.74, 6) is -0.498. The summed E-state index contributed by atoms with van der Waals surface area (Å²) >= 11 is 0. The summed E-state index contributed by atoms with van der Waals surface area (Å²) in [5.41, 5.74) is 2.84. The summed E-state index contributed by atoms with van der Waals surface area (Å²) in [7, 11) is 0. The van der Waals surface area contributed by atoms with Crippen LogP contribution in [0.4, 0.5) is 10.5 Å². The van der Waals surface area contributed by atoms with Crippen LogP contribution in [0, 0.1) is 19.8 Å². The number of carbonyl (C=O) groups excluding carboxylic acids is 3. The van der Waals surface area contributed by atoms with Gasteiger partial charge in [-0.15, -0.1) is 0 Å². The number of benzene rings is 1. The maximum atomic E-state index is 12.8. The number of urea groups is 1. The second-order valence-electron chi connectivity index (χ2n) is 7.86. The standard InChI is InChI=1S/C23H35N3O4/c1-5-13-25(23(29)24-21-17(3)9-7-10-18(21)4)15-12-20(27)26-14-8-11-19(16-26)22(28)30-6-2/h7,9-10,19H,5-6,8,11-16H2,1-4H3,(H,24,29). The van der Waals surface area contributed by atoms with Crippen molar-refractivity contribution in [1.29, 1.82) is 0 Å². The van der Waals surface area contributed by atoms with E-state index in [2.05, 4.69) is 5.32 Å². The molecule has 7 nitrogen and oxygen atoms in total. The van der Waals surface area contributed by atoms with Crippen LogP contribution in [0.3, 0.4) is 0 Å². The lowest BCUT2D eigenvalue weighted by atomic mass is 9.98. The van der Waals surface area contributed by atoms with Gasteiger partial charge in [0.2, 0.25) is 5.91 Å². The Bertz CT molecular complexity index is 730. The summed E-state index contributed by atoms with van der Waals surface area (Å²) in [5, 5.41) is 3.00. The van der Waals surface area contributed by atoms with Crippen molar-refractivity contribution in [2.24, 2.45) is 5.92 Å². The Kier molecular flexibility index (Phi) is 9.15. The molecule has 0 radical (unpaired) electrons. The van der Waals surface area contributed by atoms with Crippen LogP contribution in [0.5, 0.6) is 0 Å². The Labute approximate surface area is 179 Å². The van der Waals surface area contributed by atoms with Gasteiger partial charge >= 0.3 is 12.0 Å². The number of carbonyl (C=O) groups is 3. The fourth-order valence-corrected chi connectivity index (χ4v) is 3.83. The summed E-state index contributed by atoms with van der Waals surface area (Å²) in [6.45, 7) is 10.1. The zero-order chi connectivity index (χ0) is 22.1. The predicted molar refractivity (Wildman–Crippen MR) is 117 cm³/mol. The first kappa shape index (κ1) is 23.7. The molecule has 1 N–H and O–H groups in total. The van der Waals surface area contributed by atoms with E-state index in [1.54, 1.807) is 16.7 Å². The summed E-state index contributed by atoms with van der Waals surface area (Å²) in [6.07, 6.45) is 2.60. The van der Waals surface area contributed by atoms with Gasteiger partial charge in [-0.05, 0) is 51.2 Å². The van der Waals surface area contributed by atoms with Crippen molar-refractivity contribution < 1.29 is 19.1 Å². The van der Waals surface area contributed by atoms with Crippen molar-refractivity contribution in [2.45, 2.75) is 53.4 Å². The summed E-state index contributed by atoms with van der Waals surface area (Å²) < 4.78 is 5.11. The molecular weight excluding hydrogens is 382 g/mol. The molecule has 1 aromatic carbocycles. The molecule has 1 unspecified atom stereocenters. The summed E-state index contributed by atoms with van der Waals surface area (Å²) in [6, 6.07) is 5.70. The molecule has 1 heterocycles. The van der Waals surface area contributed by atoms with Crippen LogP contribution in [-0.4, -0.2) is 60.5 Å². The molecular formula is C23H35N3O4. The van der Waals surface area contributed by atoms with E-state index in [9.17, 15) is 14.4 Å². The highest BCUT2D eigenvalue weighted by molar-refractivity contribution is 5.91. The molecule has 1 fully saturated rings. The molecule has 0 aliphatic carbocycles. The average Bonchev–Trinajstić information content (AvgIpc) is 2.73. The van der Waals surface area contributed by atoms with Gasteiger partial charge in [0, 0.05) is 38.3 Å². The third-order valence-electron chi connectivity index (χ3n) is 5.48. The molecule has 2 rings (SSSR count). The van der Waals surface area contributed by atoms with Gasteiger partial charge < -0.3 is 19.9 Å². The number of anilines is 1. The molecule has 0 spiro atoms. The van der Waals surface area contributed by atoms with E-state index in [4.69, 9.17) is 4.74 Å². The largest absolute Gasteiger partial charge is 0.466 e. The molecule has 0 saturated carbocycles. The minimum atomic E-state index is -0.248. The van der Waals surface area contributed by atoms with Crippen LogP contribution < -0.4 is 5.32 Å². The molecule has 1 aliphatic heterocycles. The maximum Gasteiger partial charge on any atom is 0.321 e. The minimum absolute atomic E-state index is 0.0232. The number of amides is 3. The van der Waals surface area contributed by atoms with E-state index < -0.39 is 0 Å². The van der Waals surface area contributed by atoms with E-state index in [1.165, 1.54) is 0 Å². The first-order chi connectivity index (χ1) is 14.4. The normalized spacial score (nSPS) is 16.1. The number of rotatable bonds is 8. The molecule has 1 aliphatic rings. The fourth-order valence-electron chi connectivity index (χ4n) is 3.83. The first-order valence-electron chi connectivity index (χ1n) is 10.9. The fraction of sp³-hybridized carbons (Fsp3) is 0.609. The van der Waals surface area contributed by atoms with Crippen molar-refractivity contribution in [1.82, 2.24) is 9.80 Å². The first-order valence-corrected chi connectivity index (χ1v) is 10.9. The zero-order valence-electron chi connectivity index (χ0n) is 18.7. The molecule has 1 atom stereocenters. The number of likely N-dealkylation sites (tertiary alicyclic amines) is 1. The Morgan fingerprint density at radius 3 is 2.50 bits per heavy atom. The number of nitrogens with one attached hydrogen (secondary N) is 1. The number of piperidine rings is 1. The van der Waals surface area contributed by atoms with Gasteiger partial charge in [0.1, 0.15) is 0 Å². The highest BCUT2D eigenvalue weighted by atomic mass is 16.5. The second-order valence-corrected chi connectivity index (χ2v) is 7.86. The highest BCUT2D eigenvalue weighted by Crippen LogP contribution is 2.21. The van der Waals surface area contributed by atoms with Crippen molar-refractivity contribution >= 4 is 23.6 Å². The van der Waals surface area contributed by atoms with Gasteiger partial charge in [-0.2, -0.15) is 0 Å². The molecule has 1 aromatic rings. The Morgan fingerprint density at radius 2 is 1.87 bits per heavy atom. The van der Waals surface area contributed by atoms with Gasteiger partial charge in [0.25, 0.3) is 0 Å². The van der Waals surface area contributed by atoms with Crippen molar-refractivity contribution in [3.05, 3.63) is 29.3 Å². The third kappa shape index (κ3) is 6.47. The number of aryl methyl sites for hydroxylation is 2. The van der Waals surface area contributed by atoms with Gasteiger partial charge in [-0.1, -0.05) is 25.1 Å². The summed E-state index contributed by atoms with van der Waals surface area (Å²) in [4.78, 5) is 41.0. The van der Waals surface area contributed by atoms with Crippen LogP contribution in [0.15, 0.2) is 18.2 Å². The Morgan fingerprint density at radius 1 is 1.17 bits per heavy atom. The molecule has 30 heavy (non-hydrogen) atoms. The number of ether oxygens (including phenoxy) is 1. The van der Waals surface area contributed by atoms with Gasteiger partial charge in [0.05, 0.1) is 12.5 Å². The van der Waals surface area contributed by atoms with Crippen LogP contribution in [-0.2, 0) is 14.3 Å². The lowest BCUT2D eigenvalue weighted by molar-refractivity contribution is -0.151. The Hall–Kier alpha value is -2.57. The quantitative estimate of drug-likeness (QED) is 0.654. The zero-order valence-corrected chi connectivity index (χ0v) is 18.7. The lowest BCUT2D eigenvalue weighted by Gasteiger charge is -2.32. The number of esters is 1. The monoisotopic (exact) mass is 417 g/mol. The molecule has 0 aromatic heterocycles. The molecule has 7 heteroatoms.